The summed E-state index contributed by atoms with van der Waals surface area (Å²) >= 11 is 6.16. The molecule has 0 atom stereocenters. The topological polar surface area (TPSA) is 50.7 Å². The number of rotatable bonds is 3. The Hall–Kier alpha value is -3.63. The van der Waals surface area contributed by atoms with Crippen LogP contribution in [0.25, 0.3) is 10.8 Å². The van der Waals surface area contributed by atoms with E-state index in [9.17, 15) is 4.79 Å². The van der Waals surface area contributed by atoms with Gasteiger partial charge in [-0.05, 0) is 71.8 Å². The fourth-order valence-corrected chi connectivity index (χ4v) is 3.69. The summed E-state index contributed by atoms with van der Waals surface area (Å²) in [6.07, 6.45) is 0. The molecule has 0 saturated carbocycles. The van der Waals surface area contributed by atoms with E-state index in [0.717, 1.165) is 28.0 Å². The third-order valence-electron chi connectivity index (χ3n) is 5.14. The van der Waals surface area contributed by atoms with E-state index < -0.39 is 0 Å². The molecule has 146 valence electrons. The van der Waals surface area contributed by atoms with Crippen molar-refractivity contribution in [2.24, 2.45) is 4.99 Å². The van der Waals surface area contributed by atoms with Crippen LogP contribution < -0.4 is 10.1 Å². The maximum Gasteiger partial charge on any atom is 0.275 e. The summed E-state index contributed by atoms with van der Waals surface area (Å²) < 4.78 is 5.98. The Labute approximate surface area is 178 Å². The van der Waals surface area contributed by atoms with Crippen molar-refractivity contribution in [3.05, 3.63) is 95.0 Å². The number of fused-ring (bicyclic) bond motifs is 2. The molecule has 1 aliphatic heterocycles. The van der Waals surface area contributed by atoms with Crippen LogP contribution in [-0.2, 0) is 4.79 Å². The Morgan fingerprint density at radius 3 is 2.40 bits per heavy atom. The number of amides is 1. The molecule has 0 aliphatic carbocycles. The van der Waals surface area contributed by atoms with Crippen LogP contribution in [0.2, 0.25) is 5.02 Å². The molecule has 1 aliphatic rings. The van der Waals surface area contributed by atoms with Gasteiger partial charge >= 0.3 is 0 Å². The molecule has 0 unspecified atom stereocenters. The summed E-state index contributed by atoms with van der Waals surface area (Å²) in [6, 6.07) is 25.1. The van der Waals surface area contributed by atoms with Crippen LogP contribution in [-0.4, -0.2) is 11.6 Å². The minimum Gasteiger partial charge on any atom is -0.457 e. The highest BCUT2D eigenvalue weighted by atomic mass is 35.5. The summed E-state index contributed by atoms with van der Waals surface area (Å²) in [5, 5.41) is 5.77. The Bertz CT molecular complexity index is 1330. The van der Waals surface area contributed by atoms with Crippen molar-refractivity contribution in [3.63, 3.8) is 0 Å². The molecule has 1 N–H and O–H groups in total. The molecule has 0 bridgehead atoms. The van der Waals surface area contributed by atoms with Gasteiger partial charge in [-0.15, -0.1) is 0 Å². The fourth-order valence-electron chi connectivity index (χ4n) is 3.54. The monoisotopic (exact) mass is 412 g/mol. The average Bonchev–Trinajstić information content (AvgIpc) is 3.08. The van der Waals surface area contributed by atoms with Gasteiger partial charge in [-0.3, -0.25) is 4.79 Å². The first-order valence-electron chi connectivity index (χ1n) is 9.55. The summed E-state index contributed by atoms with van der Waals surface area (Å²) in [5.74, 6) is 1.24. The van der Waals surface area contributed by atoms with Gasteiger partial charge in [0, 0.05) is 10.6 Å². The lowest BCUT2D eigenvalue weighted by atomic mass is 10.1. The normalized spacial score (nSPS) is 14.1. The van der Waals surface area contributed by atoms with Gasteiger partial charge in [0.15, 0.2) is 0 Å². The fraction of sp³-hybridized carbons (Fsp3) is 0.0400. The lowest BCUT2D eigenvalue weighted by molar-refractivity contribution is -0.110. The standard InChI is InChI=1S/C25H17ClN2O2/c1-15-22(26)13-12-21-23(15)28-25(29)24(21)27-18-7-10-19(11-8-18)30-20-9-6-16-4-2-3-5-17(16)14-20/h2-14H,1H3,(H,27,28,29). The number of hydrogen-bond donors (Lipinski definition) is 1. The smallest absolute Gasteiger partial charge is 0.275 e. The zero-order chi connectivity index (χ0) is 20.7. The molecule has 30 heavy (non-hydrogen) atoms. The van der Waals surface area contributed by atoms with Crippen LogP contribution in [0.1, 0.15) is 11.1 Å². The molecular formula is C25H17ClN2O2. The van der Waals surface area contributed by atoms with Crippen LogP contribution in [0.15, 0.2) is 83.9 Å². The van der Waals surface area contributed by atoms with Crippen LogP contribution >= 0.6 is 11.6 Å². The minimum absolute atomic E-state index is 0.230. The van der Waals surface area contributed by atoms with Gasteiger partial charge in [0.2, 0.25) is 0 Å². The number of hydrogen-bond acceptors (Lipinski definition) is 3. The van der Waals surface area contributed by atoms with Crippen molar-refractivity contribution in [1.82, 2.24) is 0 Å². The quantitative estimate of drug-likeness (QED) is 0.408. The first-order chi connectivity index (χ1) is 14.6. The second kappa shape index (κ2) is 7.32. The molecule has 4 aromatic rings. The predicted molar refractivity (Wildman–Crippen MR) is 121 cm³/mol. The third kappa shape index (κ3) is 3.31. The van der Waals surface area contributed by atoms with Crippen LogP contribution in [0, 0.1) is 6.92 Å². The lowest BCUT2D eigenvalue weighted by Gasteiger charge is -2.07. The summed E-state index contributed by atoms with van der Waals surface area (Å²) in [7, 11) is 0. The summed E-state index contributed by atoms with van der Waals surface area (Å²) in [6.45, 7) is 1.88. The van der Waals surface area contributed by atoms with Crippen molar-refractivity contribution in [2.75, 3.05) is 5.32 Å². The number of nitrogens with zero attached hydrogens (tertiary/aromatic N) is 1. The van der Waals surface area contributed by atoms with Crippen LogP contribution in [0.5, 0.6) is 11.5 Å². The van der Waals surface area contributed by atoms with Gasteiger partial charge in [-0.25, -0.2) is 4.99 Å². The second-order valence-electron chi connectivity index (χ2n) is 7.11. The molecule has 0 spiro atoms. The Morgan fingerprint density at radius 2 is 1.60 bits per heavy atom. The van der Waals surface area contributed by atoms with E-state index in [0.29, 0.717) is 22.2 Å². The molecule has 1 heterocycles. The number of benzene rings is 4. The molecule has 5 heteroatoms. The third-order valence-corrected chi connectivity index (χ3v) is 5.55. The van der Waals surface area contributed by atoms with E-state index in [1.165, 1.54) is 5.39 Å². The maximum atomic E-state index is 12.4. The highest BCUT2D eigenvalue weighted by Crippen LogP contribution is 2.33. The largest absolute Gasteiger partial charge is 0.457 e. The number of nitrogens with one attached hydrogen (secondary N) is 1. The summed E-state index contributed by atoms with van der Waals surface area (Å²) in [5.41, 5.74) is 3.38. The molecular weight excluding hydrogens is 396 g/mol. The maximum absolute atomic E-state index is 12.4. The van der Waals surface area contributed by atoms with Gasteiger partial charge < -0.3 is 10.1 Å². The number of carbonyl (C=O) groups excluding carboxylic acids is 1. The van der Waals surface area contributed by atoms with E-state index in [2.05, 4.69) is 22.4 Å². The number of anilines is 1. The first-order valence-corrected chi connectivity index (χ1v) is 9.92. The van der Waals surface area contributed by atoms with E-state index in [4.69, 9.17) is 16.3 Å². The molecule has 1 amide bonds. The number of halogens is 1. The van der Waals surface area contributed by atoms with Crippen molar-refractivity contribution >= 4 is 45.4 Å². The van der Waals surface area contributed by atoms with E-state index in [1.807, 2.05) is 67.6 Å². The van der Waals surface area contributed by atoms with Gasteiger partial charge in [0.25, 0.3) is 5.91 Å². The minimum atomic E-state index is -0.230. The van der Waals surface area contributed by atoms with Gasteiger partial charge in [-0.1, -0.05) is 41.9 Å². The van der Waals surface area contributed by atoms with E-state index >= 15 is 0 Å². The Kier molecular flexibility index (Phi) is 4.49. The summed E-state index contributed by atoms with van der Waals surface area (Å²) in [4.78, 5) is 17.0. The van der Waals surface area contributed by atoms with Crippen LogP contribution in [0.4, 0.5) is 11.4 Å². The van der Waals surface area contributed by atoms with Gasteiger partial charge in [0.05, 0.1) is 11.4 Å². The van der Waals surface area contributed by atoms with Crippen molar-refractivity contribution in [1.29, 1.82) is 0 Å². The SMILES string of the molecule is Cc1c(Cl)ccc2c1NC(=O)C2=Nc1ccc(Oc2ccc3ccccc3c2)cc1. The number of carbonyl (C=O) groups is 1. The molecule has 4 aromatic carbocycles. The van der Waals surface area contributed by atoms with Crippen molar-refractivity contribution in [3.8, 4) is 11.5 Å². The Balaban J connectivity index is 1.40. The van der Waals surface area contributed by atoms with Crippen LogP contribution in [0.3, 0.4) is 0 Å². The zero-order valence-corrected chi connectivity index (χ0v) is 16.9. The molecule has 0 radical (unpaired) electrons. The van der Waals surface area contributed by atoms with Crippen molar-refractivity contribution < 1.29 is 9.53 Å². The van der Waals surface area contributed by atoms with Crippen molar-refractivity contribution in [2.45, 2.75) is 6.92 Å². The highest BCUT2D eigenvalue weighted by Gasteiger charge is 2.28. The molecule has 5 rings (SSSR count). The van der Waals surface area contributed by atoms with E-state index in [-0.39, 0.29) is 5.91 Å². The first kappa shape index (κ1) is 18.4. The molecule has 4 nitrogen and oxygen atoms in total. The number of aliphatic imine (C=N–C) groups is 1. The predicted octanol–water partition coefficient (Wildman–Crippen LogP) is 6.67. The lowest BCUT2D eigenvalue weighted by Crippen LogP contribution is -2.13. The van der Waals surface area contributed by atoms with E-state index in [1.54, 1.807) is 6.07 Å². The second-order valence-corrected chi connectivity index (χ2v) is 7.52. The number of ether oxygens (including phenoxy) is 1. The van der Waals surface area contributed by atoms with Gasteiger partial charge in [-0.2, -0.15) is 0 Å². The Morgan fingerprint density at radius 1 is 0.867 bits per heavy atom. The molecule has 0 aromatic heterocycles. The molecule has 0 fully saturated rings. The zero-order valence-electron chi connectivity index (χ0n) is 16.1. The highest BCUT2D eigenvalue weighted by molar-refractivity contribution is 6.54. The van der Waals surface area contributed by atoms with Gasteiger partial charge in [0.1, 0.15) is 17.2 Å². The molecule has 0 saturated heterocycles. The average molecular weight is 413 g/mol.